The van der Waals surface area contributed by atoms with Gasteiger partial charge in [0.05, 0.1) is 11.2 Å². The van der Waals surface area contributed by atoms with Gasteiger partial charge in [-0.1, -0.05) is 19.1 Å². The number of thiocarbonyl (C=S) groups is 1. The lowest BCUT2D eigenvalue weighted by molar-refractivity contribution is -0.111. The number of hydrogen-bond donors (Lipinski definition) is 0. The lowest BCUT2D eigenvalue weighted by Gasteiger charge is -1.91. The van der Waals surface area contributed by atoms with Crippen LogP contribution in [0.25, 0.3) is 0 Å². The van der Waals surface area contributed by atoms with Crippen molar-refractivity contribution in [2.75, 3.05) is 0 Å². The summed E-state index contributed by atoms with van der Waals surface area (Å²) >= 11 is 4.45. The molecule has 0 spiro atoms. The van der Waals surface area contributed by atoms with E-state index in [-0.39, 0.29) is 5.78 Å². The minimum atomic E-state index is -0.00130. The minimum Gasteiger partial charge on any atom is -0.293 e. The number of Topliss-reactive ketones (excluding diaryl/α,β-unsaturated/α-hetero) is 1. The zero-order chi connectivity index (χ0) is 7.28. The Bertz CT molecular complexity index is 151. The summed E-state index contributed by atoms with van der Waals surface area (Å²) < 4.78 is 0. The Labute approximate surface area is 60.0 Å². The molecule has 0 N–H and O–H groups in total. The van der Waals surface area contributed by atoms with Crippen molar-refractivity contribution in [1.82, 2.24) is 0 Å². The van der Waals surface area contributed by atoms with E-state index in [1.165, 1.54) is 12.4 Å². The molecule has 0 amide bonds. The molecule has 0 fully saturated rings. The molecule has 3 heteroatoms. The number of hydrogen-bond acceptors (Lipinski definition) is 2. The first-order valence-electron chi connectivity index (χ1n) is 2.73. The molecule has 2 nitrogen and oxygen atoms in total. The van der Waals surface area contributed by atoms with Gasteiger partial charge in [0.1, 0.15) is 0 Å². The maximum Gasteiger partial charge on any atom is 0.173 e. The van der Waals surface area contributed by atoms with E-state index in [1.807, 2.05) is 6.92 Å². The van der Waals surface area contributed by atoms with Crippen molar-refractivity contribution in [2.45, 2.75) is 20.3 Å². The normalized spacial score (nSPS) is 11.1. The second-order valence-electron chi connectivity index (χ2n) is 1.59. The molecule has 0 aromatic rings. The maximum atomic E-state index is 10.6. The second-order valence-corrected chi connectivity index (χ2v) is 1.80. The zero-order valence-corrected chi connectivity index (χ0v) is 6.36. The lowest BCUT2D eigenvalue weighted by atomic mass is 10.2. The lowest BCUT2D eigenvalue weighted by Crippen LogP contribution is -2.07. The van der Waals surface area contributed by atoms with Crippen LogP contribution in [0.4, 0.5) is 0 Å². The Balaban J connectivity index is 4.14. The largest absolute Gasteiger partial charge is 0.293 e. The molecule has 0 unspecified atom stereocenters. The van der Waals surface area contributed by atoms with Crippen molar-refractivity contribution >= 4 is 29.2 Å². The predicted octanol–water partition coefficient (Wildman–Crippen LogP) is 1.38. The molecular formula is C6H9NOS. The van der Waals surface area contributed by atoms with Gasteiger partial charge in [-0.05, 0) is 6.42 Å². The van der Waals surface area contributed by atoms with Crippen LogP contribution in [-0.2, 0) is 4.79 Å². The summed E-state index contributed by atoms with van der Waals surface area (Å²) in [6, 6.07) is 0. The highest BCUT2D eigenvalue weighted by Crippen LogP contribution is 1.85. The van der Waals surface area contributed by atoms with E-state index in [1.54, 1.807) is 0 Å². The van der Waals surface area contributed by atoms with Crippen LogP contribution in [0.5, 0.6) is 0 Å². The van der Waals surface area contributed by atoms with Crippen LogP contribution >= 0.6 is 12.2 Å². The summed E-state index contributed by atoms with van der Waals surface area (Å²) in [5, 5.41) is 0. The van der Waals surface area contributed by atoms with Gasteiger partial charge in [-0.2, -0.15) is 0 Å². The van der Waals surface area contributed by atoms with Crippen LogP contribution in [0, 0.1) is 0 Å². The van der Waals surface area contributed by atoms with Crippen LogP contribution in [0.1, 0.15) is 20.3 Å². The quantitative estimate of drug-likeness (QED) is 0.441. The highest BCUT2D eigenvalue weighted by Gasteiger charge is 1.99. The molecule has 0 heterocycles. The Morgan fingerprint density at radius 1 is 1.78 bits per heavy atom. The molecule has 0 aromatic carbocycles. The van der Waals surface area contributed by atoms with E-state index in [4.69, 9.17) is 0 Å². The van der Waals surface area contributed by atoms with Crippen LogP contribution in [0.15, 0.2) is 4.99 Å². The van der Waals surface area contributed by atoms with Gasteiger partial charge in [0, 0.05) is 6.92 Å². The fourth-order valence-electron chi connectivity index (χ4n) is 0.495. The average Bonchev–Trinajstić information content (AvgIpc) is 1.82. The smallest absolute Gasteiger partial charge is 0.173 e. The molecule has 0 aliphatic heterocycles. The van der Waals surface area contributed by atoms with E-state index in [0.717, 1.165) is 0 Å². The number of nitrogens with zero attached hydrogens (tertiary/aromatic N) is 1. The van der Waals surface area contributed by atoms with E-state index < -0.39 is 0 Å². The topological polar surface area (TPSA) is 29.4 Å². The summed E-state index contributed by atoms with van der Waals surface area (Å²) in [7, 11) is 0. The van der Waals surface area contributed by atoms with Gasteiger partial charge in [0.25, 0.3) is 0 Å². The molecular weight excluding hydrogens is 134 g/mol. The monoisotopic (exact) mass is 143 g/mol. The number of carbonyl (C=O) groups excluding carboxylic acids is 1. The third kappa shape index (κ3) is 3.08. The number of carbonyl (C=O) groups is 1. The van der Waals surface area contributed by atoms with Crippen molar-refractivity contribution in [3.63, 3.8) is 0 Å². The average molecular weight is 143 g/mol. The standard InChI is InChI=1S/C6H9NOS/c1-3-6(5(2)8)7-4-9/h4H,3H2,1-2H3. The first-order chi connectivity index (χ1) is 4.22. The highest BCUT2D eigenvalue weighted by atomic mass is 32.1. The fraction of sp³-hybridized carbons (Fsp3) is 0.500. The Hall–Kier alpha value is -0.570. The minimum absolute atomic E-state index is 0.00130. The van der Waals surface area contributed by atoms with Gasteiger partial charge in [0.15, 0.2) is 5.78 Å². The Morgan fingerprint density at radius 3 is 2.44 bits per heavy atom. The van der Waals surface area contributed by atoms with Gasteiger partial charge in [-0.3, -0.25) is 4.79 Å². The SMILES string of the molecule is CCC(=NC=S)C(C)=O. The van der Waals surface area contributed by atoms with Crippen LogP contribution in [0.3, 0.4) is 0 Å². The second kappa shape index (κ2) is 4.32. The summed E-state index contributed by atoms with van der Waals surface area (Å²) in [4.78, 5) is 14.3. The molecule has 0 aliphatic carbocycles. The van der Waals surface area contributed by atoms with Gasteiger partial charge in [-0.15, -0.1) is 0 Å². The number of ketones is 1. The summed E-state index contributed by atoms with van der Waals surface area (Å²) in [5.74, 6) is -0.00130. The molecule has 0 radical (unpaired) electrons. The first kappa shape index (κ1) is 8.43. The number of rotatable bonds is 3. The molecule has 0 saturated heterocycles. The third-order valence-corrected chi connectivity index (χ3v) is 1.06. The first-order valence-corrected chi connectivity index (χ1v) is 3.20. The molecule has 50 valence electrons. The number of aliphatic imine (C=N–C) groups is 1. The van der Waals surface area contributed by atoms with Gasteiger partial charge in [-0.25, -0.2) is 4.99 Å². The highest BCUT2D eigenvalue weighted by molar-refractivity contribution is 7.78. The molecule has 0 saturated carbocycles. The molecule has 0 aliphatic rings. The molecule has 0 atom stereocenters. The van der Waals surface area contributed by atoms with E-state index >= 15 is 0 Å². The van der Waals surface area contributed by atoms with Gasteiger partial charge >= 0.3 is 0 Å². The molecule has 0 aromatic heterocycles. The summed E-state index contributed by atoms with van der Waals surface area (Å²) in [6.07, 6.45) is 0.655. The van der Waals surface area contributed by atoms with E-state index in [9.17, 15) is 4.79 Å². The van der Waals surface area contributed by atoms with Gasteiger partial charge in [0.2, 0.25) is 0 Å². The molecule has 0 bridgehead atoms. The van der Waals surface area contributed by atoms with Crippen LogP contribution < -0.4 is 0 Å². The van der Waals surface area contributed by atoms with E-state index in [2.05, 4.69) is 17.2 Å². The summed E-state index contributed by atoms with van der Waals surface area (Å²) in [5.41, 5.74) is 1.77. The van der Waals surface area contributed by atoms with E-state index in [0.29, 0.717) is 12.1 Å². The van der Waals surface area contributed by atoms with Crippen molar-refractivity contribution in [2.24, 2.45) is 4.99 Å². The zero-order valence-electron chi connectivity index (χ0n) is 5.55. The van der Waals surface area contributed by atoms with Crippen LogP contribution in [-0.4, -0.2) is 17.0 Å². The van der Waals surface area contributed by atoms with Crippen molar-refractivity contribution in [3.8, 4) is 0 Å². The third-order valence-electron chi connectivity index (χ3n) is 0.950. The maximum absolute atomic E-state index is 10.6. The Kier molecular flexibility index (Phi) is 4.05. The van der Waals surface area contributed by atoms with Crippen molar-refractivity contribution < 1.29 is 4.79 Å². The van der Waals surface area contributed by atoms with Crippen LogP contribution in [0.2, 0.25) is 0 Å². The summed E-state index contributed by atoms with van der Waals surface area (Å²) in [6.45, 7) is 3.36. The van der Waals surface area contributed by atoms with Gasteiger partial charge < -0.3 is 0 Å². The predicted molar refractivity (Wildman–Crippen MR) is 42.1 cm³/mol. The van der Waals surface area contributed by atoms with Crippen molar-refractivity contribution in [1.29, 1.82) is 0 Å². The Morgan fingerprint density at radius 2 is 2.33 bits per heavy atom. The fourth-order valence-corrected chi connectivity index (χ4v) is 0.622. The van der Waals surface area contributed by atoms with Crippen molar-refractivity contribution in [3.05, 3.63) is 0 Å². The molecule has 9 heavy (non-hydrogen) atoms. The molecule has 0 rings (SSSR count).